The highest BCUT2D eigenvalue weighted by atomic mass is 16.4. The Morgan fingerprint density at radius 1 is 1.60 bits per heavy atom. The molecule has 0 saturated heterocycles. The summed E-state index contributed by atoms with van der Waals surface area (Å²) in [5.74, 6) is -0.818. The number of hydrogen-bond acceptors (Lipinski definition) is 3. The Hall–Kier alpha value is -1.55. The van der Waals surface area contributed by atoms with Crippen molar-refractivity contribution in [3.05, 3.63) is 29.8 Å². The lowest BCUT2D eigenvalue weighted by Crippen LogP contribution is -2.35. The van der Waals surface area contributed by atoms with Crippen LogP contribution in [0.1, 0.15) is 12.5 Å². The maximum absolute atomic E-state index is 10.7. The van der Waals surface area contributed by atoms with E-state index in [2.05, 4.69) is 0 Å². The zero-order valence-corrected chi connectivity index (χ0v) is 8.97. The Balaban J connectivity index is 2.66. The van der Waals surface area contributed by atoms with Crippen LogP contribution < -0.4 is 5.73 Å². The van der Waals surface area contributed by atoms with Gasteiger partial charge < -0.3 is 10.8 Å². The van der Waals surface area contributed by atoms with Gasteiger partial charge >= 0.3 is 5.97 Å². The molecule has 0 aliphatic carbocycles. The van der Waals surface area contributed by atoms with Crippen molar-refractivity contribution < 1.29 is 9.90 Å². The lowest BCUT2D eigenvalue weighted by molar-refractivity contribution is -0.142. The minimum Gasteiger partial charge on any atom is -0.480 e. The van der Waals surface area contributed by atoms with Gasteiger partial charge in [0.05, 0.1) is 0 Å². The molecular weight excluding hydrogens is 192 g/mol. The number of rotatable bonds is 4. The average molecular weight is 208 g/mol. The van der Waals surface area contributed by atoms with Crippen molar-refractivity contribution in [2.45, 2.75) is 19.5 Å². The third-order valence-corrected chi connectivity index (χ3v) is 2.40. The maximum Gasteiger partial charge on any atom is 0.320 e. The molecule has 0 amide bonds. The first kappa shape index (κ1) is 11.5. The van der Waals surface area contributed by atoms with Gasteiger partial charge in [-0.3, -0.25) is 9.69 Å². The molecule has 15 heavy (non-hydrogen) atoms. The number of nitrogens with two attached hydrogens (primary N) is 1. The summed E-state index contributed by atoms with van der Waals surface area (Å²) in [6, 6.07) is 6.96. The SMILES string of the molecule is CC(C(=O)O)N(C)Cc1cccc(N)c1. The first-order chi connectivity index (χ1) is 7.00. The van der Waals surface area contributed by atoms with Crippen molar-refractivity contribution >= 4 is 11.7 Å². The van der Waals surface area contributed by atoms with Crippen LogP contribution in [-0.2, 0) is 11.3 Å². The van der Waals surface area contributed by atoms with Crippen LogP contribution in [0.15, 0.2) is 24.3 Å². The Labute approximate surface area is 89.3 Å². The van der Waals surface area contributed by atoms with Crippen LogP contribution in [0, 0.1) is 0 Å². The topological polar surface area (TPSA) is 66.6 Å². The molecule has 0 heterocycles. The minimum absolute atomic E-state index is 0.494. The molecule has 0 aromatic heterocycles. The Morgan fingerprint density at radius 2 is 2.27 bits per heavy atom. The number of nitrogen functional groups attached to an aromatic ring is 1. The molecule has 0 fully saturated rings. The fourth-order valence-corrected chi connectivity index (χ4v) is 1.30. The molecule has 1 unspecified atom stereocenters. The highest BCUT2D eigenvalue weighted by Crippen LogP contribution is 2.10. The summed E-state index contributed by atoms with van der Waals surface area (Å²) in [7, 11) is 1.78. The van der Waals surface area contributed by atoms with Gasteiger partial charge in [0.25, 0.3) is 0 Å². The second-order valence-corrected chi connectivity index (χ2v) is 3.67. The lowest BCUT2D eigenvalue weighted by atomic mass is 10.2. The quantitative estimate of drug-likeness (QED) is 0.729. The Kier molecular flexibility index (Phi) is 3.68. The lowest BCUT2D eigenvalue weighted by Gasteiger charge is -2.21. The van der Waals surface area contributed by atoms with E-state index < -0.39 is 12.0 Å². The summed E-state index contributed by atoms with van der Waals surface area (Å²) in [6.07, 6.45) is 0. The van der Waals surface area contributed by atoms with E-state index in [9.17, 15) is 4.79 Å². The van der Waals surface area contributed by atoms with Gasteiger partial charge in [0.15, 0.2) is 0 Å². The molecule has 0 radical (unpaired) electrons. The van der Waals surface area contributed by atoms with Crippen LogP contribution >= 0.6 is 0 Å². The molecule has 0 bridgehead atoms. The van der Waals surface area contributed by atoms with Gasteiger partial charge in [-0.1, -0.05) is 12.1 Å². The number of aliphatic carboxylic acids is 1. The number of carbonyl (C=O) groups is 1. The molecule has 1 rings (SSSR count). The number of anilines is 1. The standard InChI is InChI=1S/C11H16N2O2/c1-8(11(14)15)13(2)7-9-4-3-5-10(12)6-9/h3-6,8H,7,12H2,1-2H3,(H,14,15). The first-order valence-electron chi connectivity index (χ1n) is 4.78. The second kappa shape index (κ2) is 4.79. The van der Waals surface area contributed by atoms with Gasteiger partial charge in [-0.2, -0.15) is 0 Å². The summed E-state index contributed by atoms with van der Waals surface area (Å²) in [6.45, 7) is 2.24. The Morgan fingerprint density at radius 3 is 2.80 bits per heavy atom. The van der Waals surface area contributed by atoms with Gasteiger partial charge in [-0.05, 0) is 31.7 Å². The van der Waals surface area contributed by atoms with Crippen LogP contribution in [0.4, 0.5) is 5.69 Å². The zero-order chi connectivity index (χ0) is 11.4. The molecule has 3 N–H and O–H groups in total. The van der Waals surface area contributed by atoms with Gasteiger partial charge in [0.1, 0.15) is 6.04 Å². The molecule has 82 valence electrons. The van der Waals surface area contributed by atoms with E-state index in [1.165, 1.54) is 0 Å². The van der Waals surface area contributed by atoms with Crippen LogP contribution in [-0.4, -0.2) is 29.1 Å². The normalized spacial score (nSPS) is 12.7. The number of carboxylic acid groups (broad SMARTS) is 1. The number of benzene rings is 1. The molecule has 1 atom stereocenters. The molecule has 4 heteroatoms. The fourth-order valence-electron chi connectivity index (χ4n) is 1.30. The van der Waals surface area contributed by atoms with E-state index in [0.29, 0.717) is 12.2 Å². The summed E-state index contributed by atoms with van der Waals surface area (Å²) < 4.78 is 0. The predicted molar refractivity (Wildman–Crippen MR) is 59.4 cm³/mol. The largest absolute Gasteiger partial charge is 0.480 e. The average Bonchev–Trinajstić information content (AvgIpc) is 2.16. The molecule has 0 aliphatic rings. The van der Waals surface area contributed by atoms with Gasteiger partial charge in [0, 0.05) is 12.2 Å². The van der Waals surface area contributed by atoms with Gasteiger partial charge in [-0.25, -0.2) is 0 Å². The number of carboxylic acids is 1. The third kappa shape index (κ3) is 3.25. The van der Waals surface area contributed by atoms with Crippen LogP contribution in [0.2, 0.25) is 0 Å². The number of likely N-dealkylation sites (N-methyl/N-ethyl adjacent to an activating group) is 1. The summed E-state index contributed by atoms with van der Waals surface area (Å²) in [5, 5.41) is 8.82. The summed E-state index contributed by atoms with van der Waals surface area (Å²) in [5.41, 5.74) is 7.35. The van der Waals surface area contributed by atoms with E-state index >= 15 is 0 Å². The number of hydrogen-bond donors (Lipinski definition) is 2. The van der Waals surface area contributed by atoms with Crippen LogP contribution in [0.3, 0.4) is 0 Å². The van der Waals surface area contributed by atoms with Crippen molar-refractivity contribution in [3.8, 4) is 0 Å². The zero-order valence-electron chi connectivity index (χ0n) is 8.97. The van der Waals surface area contributed by atoms with Crippen LogP contribution in [0.5, 0.6) is 0 Å². The molecular formula is C11H16N2O2. The van der Waals surface area contributed by atoms with E-state index in [1.807, 2.05) is 24.3 Å². The van der Waals surface area contributed by atoms with Crippen molar-refractivity contribution in [2.24, 2.45) is 0 Å². The molecule has 0 saturated carbocycles. The molecule has 1 aromatic carbocycles. The van der Waals surface area contributed by atoms with E-state index in [-0.39, 0.29) is 0 Å². The van der Waals surface area contributed by atoms with Crippen molar-refractivity contribution in [3.63, 3.8) is 0 Å². The van der Waals surface area contributed by atoms with Crippen molar-refractivity contribution in [1.82, 2.24) is 4.90 Å². The highest BCUT2D eigenvalue weighted by Gasteiger charge is 2.16. The molecule has 0 spiro atoms. The molecule has 4 nitrogen and oxygen atoms in total. The Bertz CT molecular complexity index is 352. The smallest absolute Gasteiger partial charge is 0.320 e. The second-order valence-electron chi connectivity index (χ2n) is 3.67. The first-order valence-corrected chi connectivity index (χ1v) is 4.78. The summed E-state index contributed by atoms with van der Waals surface area (Å²) >= 11 is 0. The van der Waals surface area contributed by atoms with Crippen molar-refractivity contribution in [2.75, 3.05) is 12.8 Å². The van der Waals surface area contributed by atoms with Gasteiger partial charge in [0.2, 0.25) is 0 Å². The number of nitrogens with zero attached hydrogens (tertiary/aromatic N) is 1. The monoisotopic (exact) mass is 208 g/mol. The molecule has 0 aliphatic heterocycles. The van der Waals surface area contributed by atoms with Crippen LogP contribution in [0.25, 0.3) is 0 Å². The van der Waals surface area contributed by atoms with E-state index in [1.54, 1.807) is 18.9 Å². The maximum atomic E-state index is 10.7. The van der Waals surface area contributed by atoms with Crippen molar-refractivity contribution in [1.29, 1.82) is 0 Å². The minimum atomic E-state index is -0.818. The summed E-state index contributed by atoms with van der Waals surface area (Å²) in [4.78, 5) is 12.5. The fraction of sp³-hybridized carbons (Fsp3) is 0.364. The third-order valence-electron chi connectivity index (χ3n) is 2.40. The highest BCUT2D eigenvalue weighted by molar-refractivity contribution is 5.72. The van der Waals surface area contributed by atoms with E-state index in [0.717, 1.165) is 5.56 Å². The van der Waals surface area contributed by atoms with E-state index in [4.69, 9.17) is 10.8 Å². The van der Waals surface area contributed by atoms with Gasteiger partial charge in [-0.15, -0.1) is 0 Å². The predicted octanol–water partition coefficient (Wildman–Crippen LogP) is 1.17. The molecule has 1 aromatic rings.